The molecule has 1 heterocycles. The third-order valence-electron chi connectivity index (χ3n) is 4.15. The molecule has 0 saturated carbocycles. The summed E-state index contributed by atoms with van der Waals surface area (Å²) in [5, 5.41) is 5.22. The van der Waals surface area contributed by atoms with Crippen molar-refractivity contribution in [1.82, 2.24) is 14.9 Å². The van der Waals surface area contributed by atoms with Crippen molar-refractivity contribution in [3.05, 3.63) is 23.8 Å². The van der Waals surface area contributed by atoms with Gasteiger partial charge in [-0.3, -0.25) is 9.59 Å². The topological polar surface area (TPSA) is 105 Å². The van der Waals surface area contributed by atoms with Gasteiger partial charge in [-0.15, -0.1) is 0 Å². The lowest BCUT2D eigenvalue weighted by Crippen LogP contribution is -2.36. The van der Waals surface area contributed by atoms with E-state index in [-0.39, 0.29) is 29.5 Å². The highest BCUT2D eigenvalue weighted by atomic mass is 32.2. The van der Waals surface area contributed by atoms with Gasteiger partial charge >= 0.3 is 0 Å². The van der Waals surface area contributed by atoms with Crippen molar-refractivity contribution in [2.24, 2.45) is 0 Å². The van der Waals surface area contributed by atoms with E-state index in [0.717, 1.165) is 19.3 Å². The Morgan fingerprint density at radius 2 is 1.77 bits per heavy atom. The second-order valence-corrected chi connectivity index (χ2v) is 8.00. The van der Waals surface area contributed by atoms with Crippen molar-refractivity contribution in [2.75, 3.05) is 33.3 Å². The molecule has 0 aliphatic carbocycles. The van der Waals surface area contributed by atoms with E-state index in [1.54, 1.807) is 0 Å². The fourth-order valence-corrected chi connectivity index (χ4v) is 4.33. The summed E-state index contributed by atoms with van der Waals surface area (Å²) in [4.78, 5) is 23.3. The van der Waals surface area contributed by atoms with E-state index in [4.69, 9.17) is 4.74 Å². The number of amides is 2. The van der Waals surface area contributed by atoms with Crippen LogP contribution >= 0.6 is 0 Å². The molecule has 1 aliphatic heterocycles. The average molecular weight is 383 g/mol. The predicted octanol–water partition coefficient (Wildman–Crippen LogP) is 0.736. The maximum atomic E-state index is 12.8. The molecule has 9 heteroatoms. The second kappa shape index (κ2) is 9.00. The molecule has 144 valence electrons. The summed E-state index contributed by atoms with van der Waals surface area (Å²) >= 11 is 0. The van der Waals surface area contributed by atoms with Crippen LogP contribution in [-0.4, -0.2) is 57.8 Å². The van der Waals surface area contributed by atoms with Crippen LogP contribution in [-0.2, 0) is 14.8 Å². The van der Waals surface area contributed by atoms with E-state index in [1.807, 2.05) is 0 Å². The van der Waals surface area contributed by atoms with Crippen LogP contribution in [0.1, 0.15) is 36.5 Å². The van der Waals surface area contributed by atoms with E-state index in [9.17, 15) is 18.0 Å². The van der Waals surface area contributed by atoms with E-state index in [2.05, 4.69) is 10.6 Å². The number of nitrogens with one attached hydrogen (secondary N) is 2. The number of hydrogen-bond donors (Lipinski definition) is 2. The lowest BCUT2D eigenvalue weighted by atomic mass is 10.2. The van der Waals surface area contributed by atoms with Crippen molar-refractivity contribution in [1.29, 1.82) is 0 Å². The van der Waals surface area contributed by atoms with Crippen LogP contribution in [0.3, 0.4) is 0 Å². The minimum atomic E-state index is -3.64. The lowest BCUT2D eigenvalue weighted by Gasteiger charge is -2.26. The lowest BCUT2D eigenvalue weighted by molar-refractivity contribution is -0.118. The summed E-state index contributed by atoms with van der Waals surface area (Å²) in [5.41, 5.74) is 0.147. The van der Waals surface area contributed by atoms with Crippen LogP contribution in [0.5, 0.6) is 5.75 Å². The first-order chi connectivity index (χ1) is 12.4. The molecule has 1 aromatic rings. The number of rotatable bonds is 7. The van der Waals surface area contributed by atoms with E-state index >= 15 is 0 Å². The molecule has 8 nitrogen and oxygen atoms in total. The van der Waals surface area contributed by atoms with Crippen LogP contribution in [0.2, 0.25) is 0 Å². The molecule has 2 amide bonds. The molecule has 0 aromatic heterocycles. The fourth-order valence-electron chi connectivity index (χ4n) is 2.79. The highest BCUT2D eigenvalue weighted by Gasteiger charge is 2.27. The summed E-state index contributed by atoms with van der Waals surface area (Å²) < 4.78 is 32.2. The molecule has 0 unspecified atom stereocenters. The maximum Gasteiger partial charge on any atom is 0.255 e. The second-order valence-electron chi connectivity index (χ2n) is 6.07. The monoisotopic (exact) mass is 383 g/mol. The van der Waals surface area contributed by atoms with Gasteiger partial charge in [-0.2, -0.15) is 4.31 Å². The van der Waals surface area contributed by atoms with Gasteiger partial charge in [-0.25, -0.2) is 8.42 Å². The Bertz CT molecular complexity index is 758. The summed E-state index contributed by atoms with van der Waals surface area (Å²) in [6, 6.07) is 4.28. The zero-order chi connectivity index (χ0) is 19.2. The Hall–Kier alpha value is -2.13. The molecule has 0 radical (unpaired) electrons. The predicted molar refractivity (Wildman–Crippen MR) is 96.6 cm³/mol. The minimum Gasteiger partial charge on any atom is -0.496 e. The van der Waals surface area contributed by atoms with Crippen LogP contribution in [0.4, 0.5) is 0 Å². The molecular weight excluding hydrogens is 358 g/mol. The third kappa shape index (κ3) is 4.95. The molecule has 26 heavy (non-hydrogen) atoms. The van der Waals surface area contributed by atoms with Crippen molar-refractivity contribution in [2.45, 2.75) is 31.1 Å². The summed E-state index contributed by atoms with van der Waals surface area (Å²) in [6.45, 7) is 2.89. The molecule has 0 spiro atoms. The van der Waals surface area contributed by atoms with Crippen LogP contribution < -0.4 is 15.4 Å². The van der Waals surface area contributed by atoms with Crippen molar-refractivity contribution >= 4 is 21.8 Å². The van der Waals surface area contributed by atoms with Gasteiger partial charge in [0, 0.05) is 33.1 Å². The first kappa shape index (κ1) is 20.2. The molecule has 2 N–H and O–H groups in total. The molecule has 1 aliphatic rings. The Morgan fingerprint density at radius 1 is 1.12 bits per heavy atom. The molecule has 1 aromatic carbocycles. The highest BCUT2D eigenvalue weighted by Crippen LogP contribution is 2.26. The summed E-state index contributed by atoms with van der Waals surface area (Å²) in [5.74, 6) is -0.353. The summed E-state index contributed by atoms with van der Waals surface area (Å²) in [7, 11) is -2.22. The van der Waals surface area contributed by atoms with E-state index in [0.29, 0.717) is 18.8 Å². The number of methoxy groups -OCH3 is 1. The smallest absolute Gasteiger partial charge is 0.255 e. The average Bonchev–Trinajstić information content (AvgIpc) is 2.65. The molecule has 1 fully saturated rings. The standard InChI is InChI=1S/C17H25N3O5S/c1-13(21)18-8-9-19-17(22)15-12-14(6-7-16(15)25-2)26(23,24)20-10-4-3-5-11-20/h6-7,12H,3-5,8-11H2,1-2H3,(H,18,21)(H,19,22). The van der Waals surface area contributed by atoms with Crippen LogP contribution in [0.15, 0.2) is 23.1 Å². The number of hydrogen-bond acceptors (Lipinski definition) is 5. The van der Waals surface area contributed by atoms with Gasteiger partial charge in [0.1, 0.15) is 5.75 Å². The number of nitrogens with zero attached hydrogens (tertiary/aromatic N) is 1. The molecule has 2 rings (SSSR count). The number of benzene rings is 1. The van der Waals surface area contributed by atoms with Crippen LogP contribution in [0, 0.1) is 0 Å². The SMILES string of the molecule is COc1ccc(S(=O)(=O)N2CCCCC2)cc1C(=O)NCCNC(C)=O. The fraction of sp³-hybridized carbons (Fsp3) is 0.529. The highest BCUT2D eigenvalue weighted by molar-refractivity contribution is 7.89. The van der Waals surface area contributed by atoms with E-state index in [1.165, 1.54) is 36.5 Å². The normalized spacial score (nSPS) is 15.3. The van der Waals surface area contributed by atoms with Gasteiger partial charge in [0.15, 0.2) is 0 Å². The largest absolute Gasteiger partial charge is 0.496 e. The van der Waals surface area contributed by atoms with Crippen molar-refractivity contribution < 1.29 is 22.7 Å². The van der Waals surface area contributed by atoms with Gasteiger partial charge in [-0.1, -0.05) is 6.42 Å². The minimum absolute atomic E-state index is 0.0761. The molecule has 1 saturated heterocycles. The zero-order valence-corrected chi connectivity index (χ0v) is 15.9. The number of carbonyl (C=O) groups excluding carboxylic acids is 2. The Kier molecular flexibility index (Phi) is 6.98. The van der Waals surface area contributed by atoms with Gasteiger partial charge < -0.3 is 15.4 Å². The van der Waals surface area contributed by atoms with Gasteiger partial charge in [-0.05, 0) is 31.0 Å². The van der Waals surface area contributed by atoms with Crippen molar-refractivity contribution in [3.63, 3.8) is 0 Å². The van der Waals surface area contributed by atoms with E-state index < -0.39 is 15.9 Å². The molecule has 0 atom stereocenters. The van der Waals surface area contributed by atoms with Crippen molar-refractivity contribution in [3.8, 4) is 5.75 Å². The number of ether oxygens (including phenoxy) is 1. The molecular formula is C17H25N3O5S. The van der Waals surface area contributed by atoms with Gasteiger partial charge in [0.25, 0.3) is 5.91 Å². The van der Waals surface area contributed by atoms with Crippen LogP contribution in [0.25, 0.3) is 0 Å². The maximum absolute atomic E-state index is 12.8. The first-order valence-corrected chi connectivity index (χ1v) is 10.0. The third-order valence-corrected chi connectivity index (χ3v) is 6.05. The number of carbonyl (C=O) groups is 2. The Morgan fingerprint density at radius 3 is 2.38 bits per heavy atom. The molecule has 0 bridgehead atoms. The Labute approximate surface area is 153 Å². The summed E-state index contributed by atoms with van der Waals surface area (Å²) in [6.07, 6.45) is 2.70. The number of sulfonamides is 1. The van der Waals surface area contributed by atoms with Gasteiger partial charge in [0.05, 0.1) is 17.6 Å². The first-order valence-electron chi connectivity index (χ1n) is 8.57. The Balaban J connectivity index is 2.19. The van der Waals surface area contributed by atoms with Gasteiger partial charge in [0.2, 0.25) is 15.9 Å². The zero-order valence-electron chi connectivity index (χ0n) is 15.1. The quantitative estimate of drug-likeness (QED) is 0.676. The number of piperidine rings is 1.